The normalized spacial score (nSPS) is 9.41. The number of carbonyl (C=O) groups is 1. The predicted molar refractivity (Wildman–Crippen MR) is 55.4 cm³/mol. The number of rotatable bonds is 4. The van der Waals surface area contributed by atoms with E-state index in [2.05, 4.69) is 11.3 Å². The van der Waals surface area contributed by atoms with E-state index in [0.717, 1.165) is 24.5 Å². The highest BCUT2D eigenvalue weighted by atomic mass is 16.6. The van der Waals surface area contributed by atoms with Gasteiger partial charge >= 0.3 is 17.3 Å². The molecule has 0 atom stereocenters. The Hall–Kier alpha value is -2.77. The minimum absolute atomic E-state index is 0.496. The second-order valence-electron chi connectivity index (χ2n) is 2.76. The molecule has 1 aromatic rings. The van der Waals surface area contributed by atoms with Crippen LogP contribution in [0, 0.1) is 20.2 Å². The van der Waals surface area contributed by atoms with Gasteiger partial charge in [0.25, 0.3) is 0 Å². The third-order valence-corrected chi connectivity index (χ3v) is 1.80. The van der Waals surface area contributed by atoms with E-state index >= 15 is 0 Å². The van der Waals surface area contributed by atoms with Crippen molar-refractivity contribution in [3.05, 3.63) is 56.8 Å². The maximum Gasteiger partial charge on any atom is 0.360 e. The second-order valence-corrected chi connectivity index (χ2v) is 2.76. The molecule has 0 saturated carbocycles. The summed E-state index contributed by atoms with van der Waals surface area (Å²) in [4.78, 5) is 30.7. The van der Waals surface area contributed by atoms with Crippen LogP contribution in [0.4, 0.5) is 11.4 Å². The largest absolute Gasteiger partial charge is 0.431 e. The van der Waals surface area contributed by atoms with Crippen LogP contribution in [0.2, 0.25) is 0 Å². The third kappa shape index (κ3) is 2.43. The fourth-order valence-corrected chi connectivity index (χ4v) is 1.17. The van der Waals surface area contributed by atoms with E-state index in [1.54, 1.807) is 0 Å². The average molecular weight is 238 g/mol. The van der Waals surface area contributed by atoms with E-state index in [1.807, 2.05) is 0 Å². The molecule has 0 spiro atoms. The summed E-state index contributed by atoms with van der Waals surface area (Å²) in [6, 6.07) is 3.16. The lowest BCUT2D eigenvalue weighted by atomic mass is 10.1. The van der Waals surface area contributed by atoms with Crippen LogP contribution in [-0.2, 0) is 4.74 Å². The topological polar surface area (TPSA) is 113 Å². The van der Waals surface area contributed by atoms with Crippen molar-refractivity contribution in [1.82, 2.24) is 0 Å². The summed E-state index contributed by atoms with van der Waals surface area (Å²) in [5.41, 5.74) is -2.16. The molecular formula is C9H6N2O6. The smallest absolute Gasteiger partial charge is 0.360 e. The molecule has 8 heteroatoms. The predicted octanol–water partition coefficient (Wildman–Crippen LogP) is 1.80. The molecule has 0 aliphatic carbocycles. The van der Waals surface area contributed by atoms with Crippen molar-refractivity contribution >= 4 is 17.3 Å². The van der Waals surface area contributed by atoms with Crippen molar-refractivity contribution in [3.63, 3.8) is 0 Å². The monoisotopic (exact) mass is 238 g/mol. The summed E-state index contributed by atoms with van der Waals surface area (Å²) >= 11 is 0. The highest BCUT2D eigenvalue weighted by Crippen LogP contribution is 2.30. The highest BCUT2D eigenvalue weighted by Gasteiger charge is 2.31. The Bertz CT molecular complexity index is 510. The molecule has 1 aromatic carbocycles. The van der Waals surface area contributed by atoms with Crippen molar-refractivity contribution < 1.29 is 19.4 Å². The van der Waals surface area contributed by atoms with Gasteiger partial charge in [0.1, 0.15) is 5.56 Å². The number of ether oxygens (including phenoxy) is 1. The van der Waals surface area contributed by atoms with Crippen LogP contribution in [0.15, 0.2) is 31.0 Å². The van der Waals surface area contributed by atoms with Crippen LogP contribution >= 0.6 is 0 Å². The number of benzene rings is 1. The molecule has 0 aliphatic rings. The molecule has 0 saturated heterocycles. The van der Waals surface area contributed by atoms with Crippen LogP contribution in [0.1, 0.15) is 10.4 Å². The molecule has 0 N–H and O–H groups in total. The Labute approximate surface area is 94.4 Å². The van der Waals surface area contributed by atoms with Gasteiger partial charge in [0.2, 0.25) is 0 Å². The molecule has 88 valence electrons. The van der Waals surface area contributed by atoms with Crippen LogP contribution in [-0.4, -0.2) is 15.8 Å². The van der Waals surface area contributed by atoms with Crippen LogP contribution in [0.25, 0.3) is 0 Å². The van der Waals surface area contributed by atoms with Gasteiger partial charge < -0.3 is 4.74 Å². The van der Waals surface area contributed by atoms with Gasteiger partial charge in [-0.25, -0.2) is 4.79 Å². The standard InChI is InChI=1S/C9H6N2O6/c1-2-17-9(12)6-4-3-5-7(10(13)14)8(6)11(15)16/h2-5H,1H2. The summed E-state index contributed by atoms with van der Waals surface area (Å²) in [5, 5.41) is 21.3. The maximum absolute atomic E-state index is 11.3. The third-order valence-electron chi connectivity index (χ3n) is 1.80. The first kappa shape index (κ1) is 12.3. The molecule has 0 bridgehead atoms. The fourth-order valence-electron chi connectivity index (χ4n) is 1.17. The number of carbonyl (C=O) groups excluding carboxylic acids is 1. The summed E-state index contributed by atoms with van der Waals surface area (Å²) in [6.07, 6.45) is 0.783. The summed E-state index contributed by atoms with van der Waals surface area (Å²) in [7, 11) is 0. The zero-order valence-corrected chi connectivity index (χ0v) is 8.36. The molecule has 0 heterocycles. The molecule has 0 radical (unpaired) electrons. The summed E-state index contributed by atoms with van der Waals surface area (Å²) in [6.45, 7) is 3.11. The number of nitrogens with zero attached hydrogens (tertiary/aromatic N) is 2. The van der Waals surface area contributed by atoms with E-state index in [-0.39, 0.29) is 0 Å². The van der Waals surface area contributed by atoms with E-state index in [0.29, 0.717) is 0 Å². The summed E-state index contributed by atoms with van der Waals surface area (Å²) < 4.78 is 4.35. The summed E-state index contributed by atoms with van der Waals surface area (Å²) in [5.74, 6) is -1.07. The highest BCUT2D eigenvalue weighted by molar-refractivity contribution is 5.96. The number of nitro groups is 2. The Morgan fingerprint density at radius 3 is 2.41 bits per heavy atom. The van der Waals surface area contributed by atoms with Crippen molar-refractivity contribution in [2.75, 3.05) is 0 Å². The zero-order chi connectivity index (χ0) is 13.0. The molecule has 8 nitrogen and oxygen atoms in total. The van der Waals surface area contributed by atoms with Crippen molar-refractivity contribution in [2.45, 2.75) is 0 Å². The number of esters is 1. The van der Waals surface area contributed by atoms with E-state index < -0.39 is 32.8 Å². The zero-order valence-electron chi connectivity index (χ0n) is 8.36. The first-order valence-electron chi connectivity index (χ1n) is 4.22. The van der Waals surface area contributed by atoms with Crippen molar-refractivity contribution in [3.8, 4) is 0 Å². The van der Waals surface area contributed by atoms with E-state index in [9.17, 15) is 25.0 Å². The molecule has 0 aromatic heterocycles. The number of hydrogen-bond acceptors (Lipinski definition) is 6. The van der Waals surface area contributed by atoms with E-state index in [1.165, 1.54) is 0 Å². The quantitative estimate of drug-likeness (QED) is 0.342. The van der Waals surface area contributed by atoms with Crippen LogP contribution in [0.3, 0.4) is 0 Å². The van der Waals surface area contributed by atoms with Gasteiger partial charge in [0.15, 0.2) is 0 Å². The lowest BCUT2D eigenvalue weighted by Crippen LogP contribution is -2.07. The van der Waals surface area contributed by atoms with Gasteiger partial charge in [-0.3, -0.25) is 20.2 Å². The lowest BCUT2D eigenvalue weighted by Gasteiger charge is -2.01. The maximum atomic E-state index is 11.3. The Kier molecular flexibility index (Phi) is 3.50. The Balaban J connectivity index is 3.45. The van der Waals surface area contributed by atoms with Gasteiger partial charge in [-0.05, 0) is 6.07 Å². The van der Waals surface area contributed by atoms with Gasteiger partial charge in [-0.15, -0.1) is 0 Å². The molecule has 0 amide bonds. The average Bonchev–Trinajstić information content (AvgIpc) is 2.28. The number of para-hydroxylation sites is 1. The number of hydrogen-bond donors (Lipinski definition) is 0. The minimum Gasteiger partial charge on any atom is -0.431 e. The van der Waals surface area contributed by atoms with E-state index in [4.69, 9.17) is 0 Å². The van der Waals surface area contributed by atoms with Crippen molar-refractivity contribution in [2.24, 2.45) is 0 Å². The first-order chi connectivity index (χ1) is 7.99. The fraction of sp³-hybridized carbons (Fsp3) is 0. The minimum atomic E-state index is -1.07. The molecular weight excluding hydrogens is 232 g/mol. The lowest BCUT2D eigenvalue weighted by molar-refractivity contribution is -0.422. The van der Waals surface area contributed by atoms with Crippen LogP contribution in [0.5, 0.6) is 0 Å². The van der Waals surface area contributed by atoms with Gasteiger partial charge in [-0.1, -0.05) is 12.6 Å². The first-order valence-corrected chi connectivity index (χ1v) is 4.22. The number of nitro benzene ring substituents is 2. The molecule has 17 heavy (non-hydrogen) atoms. The second kappa shape index (κ2) is 4.84. The van der Waals surface area contributed by atoms with Gasteiger partial charge in [-0.2, -0.15) is 0 Å². The Morgan fingerprint density at radius 2 is 1.94 bits per heavy atom. The Morgan fingerprint density at radius 1 is 1.29 bits per heavy atom. The molecule has 1 rings (SSSR count). The van der Waals surface area contributed by atoms with Gasteiger partial charge in [0.05, 0.1) is 16.1 Å². The SMILES string of the molecule is C=COC(=O)c1cccc([N+](=O)[O-])c1[N+](=O)[O-]. The van der Waals surface area contributed by atoms with Crippen molar-refractivity contribution in [1.29, 1.82) is 0 Å². The van der Waals surface area contributed by atoms with Gasteiger partial charge in [0, 0.05) is 6.07 Å². The van der Waals surface area contributed by atoms with Crippen LogP contribution < -0.4 is 0 Å². The molecule has 0 unspecified atom stereocenters. The molecule has 0 fully saturated rings. The molecule has 0 aliphatic heterocycles.